The van der Waals surface area contributed by atoms with Crippen LogP contribution in [0.1, 0.15) is 57.1 Å². The molecule has 0 aliphatic rings. The maximum Gasteiger partial charge on any atom is 0.412 e. The number of aromatic nitrogens is 2. The van der Waals surface area contributed by atoms with Gasteiger partial charge in [-0.1, -0.05) is 88.4 Å². The zero-order valence-corrected chi connectivity index (χ0v) is 43.9. The maximum absolute atomic E-state index is 13.1. The third-order valence-corrected chi connectivity index (χ3v) is 11.1. The van der Waals surface area contributed by atoms with Gasteiger partial charge in [-0.25, -0.2) is 28.8 Å². The zero-order chi connectivity index (χ0) is 55.0. The van der Waals surface area contributed by atoms with Gasteiger partial charge >= 0.3 is 36.3 Å². The van der Waals surface area contributed by atoms with E-state index in [1.807, 2.05) is 42.5 Å². The van der Waals surface area contributed by atoms with Crippen LogP contribution in [-0.4, -0.2) is 157 Å². The van der Waals surface area contributed by atoms with Gasteiger partial charge in [-0.2, -0.15) is 0 Å². The monoisotopic (exact) mass is 1040 g/mol. The average molecular weight is 1040 g/mol. The SMILES string of the molecule is CC(OC(=O)[C@@H](NC(=O)CN(C)C(=O)OCc1ccccc1)C(C)C)OC(=O)N(C)CCc1cccc(-c2cccc(COC(=O)N(C)CC(=O)N[C@H](C(=O)OCOC(=O)N(C)CCc3ccccn3)C(C)C)c2)n1. The Hall–Kier alpha value is -8.30. The van der Waals surface area contributed by atoms with E-state index in [9.17, 15) is 38.4 Å². The molecule has 0 bridgehead atoms. The summed E-state index contributed by atoms with van der Waals surface area (Å²) in [4.78, 5) is 116. The van der Waals surface area contributed by atoms with E-state index in [0.717, 1.165) is 26.6 Å². The van der Waals surface area contributed by atoms with E-state index < -0.39 is 91.7 Å². The molecule has 4 rings (SSSR count). The lowest BCUT2D eigenvalue weighted by atomic mass is 10.0. The van der Waals surface area contributed by atoms with E-state index >= 15 is 0 Å². The predicted octanol–water partition coefficient (Wildman–Crippen LogP) is 5.57. The molecule has 4 aromatic rings. The molecule has 2 aromatic carbocycles. The number of carbonyl (C=O) groups is 8. The number of hydrogen-bond acceptors (Lipinski definition) is 16. The van der Waals surface area contributed by atoms with Gasteiger partial charge in [0.25, 0.3) is 0 Å². The van der Waals surface area contributed by atoms with E-state index in [1.165, 1.54) is 37.9 Å². The highest BCUT2D eigenvalue weighted by molar-refractivity contribution is 5.88. The number of nitrogens with one attached hydrogen (secondary N) is 2. The molecule has 6 amide bonds. The number of likely N-dealkylation sites (N-methyl/N-ethyl adjacent to an activating group) is 4. The molecule has 0 fully saturated rings. The van der Waals surface area contributed by atoms with Crippen LogP contribution >= 0.6 is 0 Å². The molecule has 2 N–H and O–H groups in total. The van der Waals surface area contributed by atoms with Gasteiger partial charge in [0.15, 0.2) is 0 Å². The van der Waals surface area contributed by atoms with Crippen molar-refractivity contribution in [2.45, 2.75) is 79.0 Å². The number of pyridine rings is 2. The van der Waals surface area contributed by atoms with Crippen LogP contribution in [0.25, 0.3) is 11.3 Å². The van der Waals surface area contributed by atoms with Gasteiger partial charge in [-0.15, -0.1) is 0 Å². The Bertz CT molecular complexity index is 2530. The standard InChI is InChI=1S/C53H68N8O14/c1-35(2)46(48(64)72-34-73-50(66)58(6)27-24-41-21-13-14-26-54-41)56-44(62)30-61(9)52(68)71-33-39-19-15-20-40(29-39)43-23-16-22-42(55-43)25-28-59(7)53(69)75-37(5)74-49(65)47(36(3)4)57-45(63)31-60(8)51(67)70-32-38-17-11-10-12-18-38/h10-23,26,29,35-37,46-47H,24-25,27-28,30-34H2,1-9H3,(H,56,62)(H,57,63)/t37?,46-,47-/m0/s1. The number of carbonyl (C=O) groups excluding carboxylic acids is 8. The Morgan fingerprint density at radius 2 is 1.04 bits per heavy atom. The lowest BCUT2D eigenvalue weighted by Gasteiger charge is -2.25. The first-order chi connectivity index (χ1) is 35.7. The van der Waals surface area contributed by atoms with Gasteiger partial charge in [0.2, 0.25) is 24.9 Å². The lowest BCUT2D eigenvalue weighted by molar-refractivity contribution is -0.170. The van der Waals surface area contributed by atoms with Gasteiger partial charge in [-0.3, -0.25) is 19.6 Å². The minimum atomic E-state index is -1.30. The molecule has 0 saturated heterocycles. The Kier molecular flexibility index (Phi) is 23.7. The van der Waals surface area contributed by atoms with Gasteiger partial charge in [0.05, 0.1) is 5.69 Å². The summed E-state index contributed by atoms with van der Waals surface area (Å²) < 4.78 is 31.7. The number of amides is 6. The molecule has 0 saturated carbocycles. The third-order valence-electron chi connectivity index (χ3n) is 11.1. The molecule has 2 heterocycles. The van der Waals surface area contributed by atoms with E-state index in [-0.39, 0.29) is 26.3 Å². The van der Waals surface area contributed by atoms with Crippen molar-refractivity contribution in [1.29, 1.82) is 0 Å². The highest BCUT2D eigenvalue weighted by atomic mass is 16.7. The number of rotatable bonds is 25. The van der Waals surface area contributed by atoms with E-state index in [0.29, 0.717) is 36.3 Å². The highest BCUT2D eigenvalue weighted by Crippen LogP contribution is 2.20. The number of ether oxygens (including phenoxy) is 6. The van der Waals surface area contributed by atoms with Crippen LogP contribution in [0, 0.1) is 11.8 Å². The predicted molar refractivity (Wildman–Crippen MR) is 272 cm³/mol. The Labute approximate surface area is 436 Å². The van der Waals surface area contributed by atoms with Crippen LogP contribution in [0.15, 0.2) is 97.2 Å². The smallest absolute Gasteiger partial charge is 0.412 e. The maximum atomic E-state index is 13.1. The normalized spacial score (nSPS) is 12.0. The summed E-state index contributed by atoms with van der Waals surface area (Å²) in [6, 6.07) is 24.9. The second kappa shape index (κ2) is 30.0. The molecular formula is C53H68N8O14. The second-order valence-electron chi connectivity index (χ2n) is 18.1. The minimum Gasteiger partial charge on any atom is -0.445 e. The van der Waals surface area contributed by atoms with Crippen molar-refractivity contribution in [1.82, 2.24) is 40.2 Å². The molecule has 22 heteroatoms. The van der Waals surface area contributed by atoms with Crippen molar-refractivity contribution in [3.63, 3.8) is 0 Å². The molecule has 3 atom stereocenters. The van der Waals surface area contributed by atoms with Crippen molar-refractivity contribution in [3.05, 3.63) is 120 Å². The van der Waals surface area contributed by atoms with Gasteiger partial charge in [-0.05, 0) is 53.3 Å². The van der Waals surface area contributed by atoms with Crippen molar-refractivity contribution in [3.8, 4) is 11.3 Å². The van der Waals surface area contributed by atoms with Crippen LogP contribution in [0.3, 0.4) is 0 Å². The average Bonchev–Trinajstić information content (AvgIpc) is 3.39. The first-order valence-electron chi connectivity index (χ1n) is 24.2. The number of nitrogens with zero attached hydrogens (tertiary/aromatic N) is 6. The fourth-order valence-electron chi connectivity index (χ4n) is 6.80. The van der Waals surface area contributed by atoms with Crippen LogP contribution in [0.2, 0.25) is 0 Å². The van der Waals surface area contributed by atoms with Gasteiger partial charge in [0, 0.05) is 84.2 Å². The number of esters is 2. The Morgan fingerprint density at radius 3 is 1.64 bits per heavy atom. The highest BCUT2D eigenvalue weighted by Gasteiger charge is 2.30. The summed E-state index contributed by atoms with van der Waals surface area (Å²) >= 11 is 0. The van der Waals surface area contributed by atoms with Crippen LogP contribution < -0.4 is 10.6 Å². The number of benzene rings is 2. The van der Waals surface area contributed by atoms with E-state index in [2.05, 4.69) is 15.6 Å². The third kappa shape index (κ3) is 20.6. The zero-order valence-electron chi connectivity index (χ0n) is 43.9. The molecule has 22 nitrogen and oxygen atoms in total. The molecular weight excluding hydrogens is 973 g/mol. The minimum absolute atomic E-state index is 0.0284. The van der Waals surface area contributed by atoms with Crippen LogP contribution in [-0.2, 0) is 73.7 Å². The summed E-state index contributed by atoms with van der Waals surface area (Å²) in [6.07, 6.45) is -1.80. The van der Waals surface area contributed by atoms with E-state index in [1.54, 1.807) is 89.5 Å². The Balaban J connectivity index is 1.18. The molecule has 75 heavy (non-hydrogen) atoms. The molecule has 0 spiro atoms. The molecule has 2 aromatic heterocycles. The molecule has 0 aliphatic heterocycles. The Morgan fingerprint density at radius 1 is 0.520 bits per heavy atom. The van der Waals surface area contributed by atoms with Crippen molar-refractivity contribution in [2.75, 3.05) is 61.2 Å². The topological polar surface area (TPSA) is 255 Å². The second-order valence-corrected chi connectivity index (χ2v) is 18.1. The summed E-state index contributed by atoms with van der Waals surface area (Å²) in [6.45, 7) is 7.11. The van der Waals surface area contributed by atoms with Crippen LogP contribution in [0.5, 0.6) is 0 Å². The van der Waals surface area contributed by atoms with Gasteiger partial charge in [0.1, 0.15) is 38.4 Å². The lowest BCUT2D eigenvalue weighted by Crippen LogP contribution is -2.49. The fraction of sp³-hybridized carbons (Fsp3) is 0.434. The van der Waals surface area contributed by atoms with Crippen LogP contribution in [0.4, 0.5) is 19.2 Å². The molecule has 0 radical (unpaired) electrons. The van der Waals surface area contributed by atoms with Crippen molar-refractivity contribution in [2.24, 2.45) is 11.8 Å². The number of hydrogen-bond donors (Lipinski definition) is 2. The summed E-state index contributed by atoms with van der Waals surface area (Å²) in [5, 5.41) is 5.15. The van der Waals surface area contributed by atoms with Crippen molar-refractivity contribution < 1.29 is 66.8 Å². The first kappa shape index (κ1) is 59.3. The quantitative estimate of drug-likeness (QED) is 0.0467. The molecule has 0 aliphatic carbocycles. The van der Waals surface area contributed by atoms with Gasteiger partial charge < -0.3 is 58.7 Å². The summed E-state index contributed by atoms with van der Waals surface area (Å²) in [7, 11) is 5.83. The largest absolute Gasteiger partial charge is 0.445 e. The fourth-order valence-corrected chi connectivity index (χ4v) is 6.80. The van der Waals surface area contributed by atoms with E-state index in [4.69, 9.17) is 33.4 Å². The molecule has 1 unspecified atom stereocenters. The summed E-state index contributed by atoms with van der Waals surface area (Å²) in [5.41, 5.74) is 4.21. The summed E-state index contributed by atoms with van der Waals surface area (Å²) in [5.74, 6) is -3.74. The molecule has 404 valence electrons. The van der Waals surface area contributed by atoms with Crippen molar-refractivity contribution >= 4 is 48.1 Å². The first-order valence-corrected chi connectivity index (χ1v) is 24.2.